The topological polar surface area (TPSA) is 55.1 Å². The van der Waals surface area contributed by atoms with Gasteiger partial charge in [-0.05, 0) is 56.2 Å². The quantitative estimate of drug-likeness (QED) is 0.796. The number of amides is 1. The van der Waals surface area contributed by atoms with Crippen molar-refractivity contribution in [2.45, 2.75) is 33.2 Å². The van der Waals surface area contributed by atoms with Crippen molar-refractivity contribution in [2.75, 3.05) is 0 Å². The second-order valence-electron chi connectivity index (χ2n) is 5.91. The number of aromatic nitrogens is 1. The number of aryl methyl sites for hydroxylation is 2. The van der Waals surface area contributed by atoms with Gasteiger partial charge in [-0.3, -0.25) is 9.78 Å². The molecular formula is C19H20N2O2. The second-order valence-corrected chi connectivity index (χ2v) is 5.91. The van der Waals surface area contributed by atoms with Crippen molar-refractivity contribution in [3.8, 4) is 0 Å². The van der Waals surface area contributed by atoms with Gasteiger partial charge in [0.2, 0.25) is 5.91 Å². The number of furan rings is 1. The zero-order valence-electron chi connectivity index (χ0n) is 13.6. The molecule has 2 aromatic heterocycles. The van der Waals surface area contributed by atoms with Gasteiger partial charge in [-0.15, -0.1) is 0 Å². The minimum atomic E-state index is -0.120. The number of rotatable bonds is 4. The van der Waals surface area contributed by atoms with Gasteiger partial charge >= 0.3 is 0 Å². The molecule has 1 aromatic carbocycles. The van der Waals surface area contributed by atoms with Crippen LogP contribution in [0.25, 0.3) is 11.0 Å². The predicted molar refractivity (Wildman–Crippen MR) is 90.2 cm³/mol. The van der Waals surface area contributed by atoms with Crippen LogP contribution in [0.2, 0.25) is 0 Å². The van der Waals surface area contributed by atoms with Gasteiger partial charge < -0.3 is 9.73 Å². The minimum Gasteiger partial charge on any atom is -0.464 e. The zero-order chi connectivity index (χ0) is 16.4. The molecule has 23 heavy (non-hydrogen) atoms. The molecule has 0 aliphatic carbocycles. The first kappa shape index (κ1) is 15.3. The monoisotopic (exact) mass is 308 g/mol. The maximum absolute atomic E-state index is 12.3. The second kappa shape index (κ2) is 6.24. The van der Waals surface area contributed by atoms with Crippen LogP contribution in [0.4, 0.5) is 0 Å². The zero-order valence-corrected chi connectivity index (χ0v) is 13.6. The summed E-state index contributed by atoms with van der Waals surface area (Å²) in [5.74, 6) is -0.0379. The third-order valence-electron chi connectivity index (χ3n) is 4.13. The summed E-state index contributed by atoms with van der Waals surface area (Å²) < 4.78 is 5.58. The highest BCUT2D eigenvalue weighted by Crippen LogP contribution is 2.25. The van der Waals surface area contributed by atoms with E-state index in [2.05, 4.69) is 30.2 Å². The number of benzene rings is 1. The Morgan fingerprint density at radius 2 is 2.04 bits per heavy atom. The molecule has 4 heteroatoms. The highest BCUT2D eigenvalue weighted by Gasteiger charge is 2.14. The fourth-order valence-electron chi connectivity index (χ4n) is 2.64. The highest BCUT2D eigenvalue weighted by molar-refractivity contribution is 5.88. The smallest absolute Gasteiger partial charge is 0.225 e. The van der Waals surface area contributed by atoms with E-state index in [4.69, 9.17) is 4.42 Å². The molecule has 4 nitrogen and oxygen atoms in total. The summed E-state index contributed by atoms with van der Waals surface area (Å²) >= 11 is 0. The van der Waals surface area contributed by atoms with E-state index in [0.717, 1.165) is 22.2 Å². The lowest BCUT2D eigenvalue weighted by Crippen LogP contribution is -2.28. The molecule has 1 amide bonds. The Morgan fingerprint density at radius 3 is 2.78 bits per heavy atom. The summed E-state index contributed by atoms with van der Waals surface area (Å²) in [5, 5.41) is 3.99. The van der Waals surface area contributed by atoms with Crippen LogP contribution in [0.15, 0.2) is 47.2 Å². The van der Waals surface area contributed by atoms with Crippen LogP contribution in [-0.4, -0.2) is 10.9 Å². The first-order chi connectivity index (χ1) is 11.0. The van der Waals surface area contributed by atoms with E-state index >= 15 is 0 Å². The molecule has 0 fully saturated rings. The number of nitrogens with zero attached hydrogens (tertiary/aromatic N) is 1. The van der Waals surface area contributed by atoms with Crippen molar-refractivity contribution < 1.29 is 9.21 Å². The van der Waals surface area contributed by atoms with Crippen LogP contribution in [-0.2, 0) is 11.2 Å². The summed E-state index contributed by atoms with van der Waals surface area (Å²) in [6.45, 7) is 6.05. The molecule has 0 unspecified atom stereocenters. The van der Waals surface area contributed by atoms with E-state index in [1.54, 1.807) is 12.5 Å². The van der Waals surface area contributed by atoms with Crippen molar-refractivity contribution in [1.82, 2.24) is 10.3 Å². The summed E-state index contributed by atoms with van der Waals surface area (Å²) in [5.41, 5.74) is 4.97. The number of hydrogen-bond donors (Lipinski definition) is 1. The molecular weight excluding hydrogens is 288 g/mol. The average molecular weight is 308 g/mol. The van der Waals surface area contributed by atoms with Crippen molar-refractivity contribution in [3.05, 3.63) is 65.2 Å². The predicted octanol–water partition coefficient (Wildman–Crippen LogP) is 3.86. The van der Waals surface area contributed by atoms with Crippen molar-refractivity contribution in [2.24, 2.45) is 0 Å². The minimum absolute atomic E-state index is 0.0379. The molecule has 2 heterocycles. The SMILES string of the molecule is Cc1cc2occ(CC(=O)N[C@@H](C)c3ccccn3)c2cc1C. The lowest BCUT2D eigenvalue weighted by atomic mass is 10.0. The summed E-state index contributed by atoms with van der Waals surface area (Å²) in [4.78, 5) is 16.6. The lowest BCUT2D eigenvalue weighted by molar-refractivity contribution is -0.121. The maximum atomic E-state index is 12.3. The molecule has 0 aliphatic heterocycles. The summed E-state index contributed by atoms with van der Waals surface area (Å²) in [7, 11) is 0. The summed E-state index contributed by atoms with van der Waals surface area (Å²) in [6, 6.07) is 9.66. The Kier molecular flexibility index (Phi) is 4.15. The van der Waals surface area contributed by atoms with E-state index in [0.29, 0.717) is 6.42 Å². The van der Waals surface area contributed by atoms with E-state index in [9.17, 15) is 4.79 Å². The number of carbonyl (C=O) groups excluding carboxylic acids is 1. The molecule has 0 aliphatic rings. The van der Waals surface area contributed by atoms with Gasteiger partial charge in [0.15, 0.2) is 0 Å². The molecule has 0 bridgehead atoms. The van der Waals surface area contributed by atoms with Crippen LogP contribution >= 0.6 is 0 Å². The Morgan fingerprint density at radius 1 is 1.26 bits per heavy atom. The Bertz CT molecular complexity index is 837. The normalized spacial score (nSPS) is 12.3. The summed E-state index contributed by atoms with van der Waals surface area (Å²) in [6.07, 6.45) is 3.70. The largest absolute Gasteiger partial charge is 0.464 e. The molecule has 0 spiro atoms. The van der Waals surface area contributed by atoms with E-state index in [1.807, 2.05) is 31.2 Å². The number of carbonyl (C=O) groups is 1. The first-order valence-electron chi connectivity index (χ1n) is 7.72. The number of nitrogens with one attached hydrogen (secondary N) is 1. The van der Waals surface area contributed by atoms with Crippen LogP contribution < -0.4 is 5.32 Å². The van der Waals surface area contributed by atoms with E-state index in [1.165, 1.54) is 11.1 Å². The first-order valence-corrected chi connectivity index (χ1v) is 7.72. The highest BCUT2D eigenvalue weighted by atomic mass is 16.3. The van der Waals surface area contributed by atoms with Gasteiger partial charge in [-0.25, -0.2) is 0 Å². The van der Waals surface area contributed by atoms with Crippen molar-refractivity contribution >= 4 is 16.9 Å². The van der Waals surface area contributed by atoms with Crippen LogP contribution in [0.3, 0.4) is 0 Å². The number of hydrogen-bond acceptors (Lipinski definition) is 3. The molecule has 0 radical (unpaired) electrons. The molecule has 0 saturated heterocycles. The third kappa shape index (κ3) is 3.26. The van der Waals surface area contributed by atoms with Crippen LogP contribution in [0.5, 0.6) is 0 Å². The molecule has 3 rings (SSSR count). The fraction of sp³-hybridized carbons (Fsp3) is 0.263. The molecule has 118 valence electrons. The Hall–Kier alpha value is -2.62. The van der Waals surface area contributed by atoms with E-state index in [-0.39, 0.29) is 11.9 Å². The van der Waals surface area contributed by atoms with E-state index < -0.39 is 0 Å². The van der Waals surface area contributed by atoms with Crippen molar-refractivity contribution in [1.29, 1.82) is 0 Å². The number of fused-ring (bicyclic) bond motifs is 1. The van der Waals surface area contributed by atoms with Gasteiger partial charge in [0.1, 0.15) is 5.58 Å². The van der Waals surface area contributed by atoms with Crippen LogP contribution in [0.1, 0.15) is 35.3 Å². The van der Waals surface area contributed by atoms with Crippen molar-refractivity contribution in [3.63, 3.8) is 0 Å². The molecule has 1 N–H and O–H groups in total. The fourth-order valence-corrected chi connectivity index (χ4v) is 2.64. The average Bonchev–Trinajstić information content (AvgIpc) is 2.90. The molecule has 0 saturated carbocycles. The third-order valence-corrected chi connectivity index (χ3v) is 4.13. The maximum Gasteiger partial charge on any atom is 0.225 e. The van der Waals surface area contributed by atoms with Gasteiger partial charge in [0.25, 0.3) is 0 Å². The lowest BCUT2D eigenvalue weighted by Gasteiger charge is -2.13. The molecule has 3 aromatic rings. The Balaban J connectivity index is 1.74. The molecule has 1 atom stereocenters. The van der Waals surface area contributed by atoms with Crippen LogP contribution in [0, 0.1) is 13.8 Å². The Labute approximate surface area is 135 Å². The standard InChI is InChI=1S/C19H20N2O2/c1-12-8-16-15(11-23-18(16)9-13(12)2)10-19(22)21-14(3)17-6-4-5-7-20-17/h4-9,11,14H,10H2,1-3H3,(H,21,22)/t14-/m0/s1. The number of pyridine rings is 1. The van der Waals surface area contributed by atoms with Gasteiger partial charge in [0.05, 0.1) is 24.4 Å². The van der Waals surface area contributed by atoms with Gasteiger partial charge in [-0.2, -0.15) is 0 Å². The van der Waals surface area contributed by atoms with Gasteiger partial charge in [0, 0.05) is 17.1 Å². The van der Waals surface area contributed by atoms with Gasteiger partial charge in [-0.1, -0.05) is 6.07 Å².